The molecular formula is C53H32N4OPt-2. The van der Waals surface area contributed by atoms with Gasteiger partial charge >= 0.3 is 352 Å². The zero-order valence-electron chi connectivity index (χ0n) is 31.5. The molecule has 6 aliphatic rings. The second-order valence-corrected chi connectivity index (χ2v) is 18.4. The van der Waals surface area contributed by atoms with Gasteiger partial charge in [0, 0.05) is 0 Å². The average Bonchev–Trinajstić information content (AvgIpc) is 3.98. The molecule has 0 saturated carbocycles. The van der Waals surface area contributed by atoms with Crippen LogP contribution in [0.1, 0.15) is 33.4 Å². The first kappa shape index (κ1) is 32.2. The molecule has 5 nitrogen and oxygen atoms in total. The first-order valence-corrected chi connectivity index (χ1v) is 22.3. The fraction of sp³-hybridized carbons (Fsp3) is 0.0566. The summed E-state index contributed by atoms with van der Waals surface area (Å²) >= 11 is -0.927. The number of para-hydroxylation sites is 4. The summed E-state index contributed by atoms with van der Waals surface area (Å²) in [4.78, 5) is 10.6. The average molecular weight is 936 g/mol. The molecule has 0 unspecified atom stereocenters. The molecule has 0 aromatic heterocycles. The summed E-state index contributed by atoms with van der Waals surface area (Å²) in [6.07, 6.45) is 0. The summed E-state index contributed by atoms with van der Waals surface area (Å²) in [6, 6.07) is 74.7. The third kappa shape index (κ3) is 3.86. The van der Waals surface area contributed by atoms with E-state index in [0.717, 1.165) is 11.1 Å². The van der Waals surface area contributed by atoms with Crippen LogP contribution >= 0.6 is 0 Å². The van der Waals surface area contributed by atoms with Gasteiger partial charge in [0.15, 0.2) is 0 Å². The van der Waals surface area contributed by atoms with Gasteiger partial charge in [0.2, 0.25) is 0 Å². The Hall–Kier alpha value is -6.81. The van der Waals surface area contributed by atoms with Crippen molar-refractivity contribution in [2.45, 2.75) is 11.1 Å². The summed E-state index contributed by atoms with van der Waals surface area (Å²) in [5.41, 5.74) is 15.4. The number of rotatable bonds is 0. The maximum absolute atomic E-state index is 6.98. The molecule has 0 N–H and O–H groups in total. The van der Waals surface area contributed by atoms with Crippen LogP contribution in [0.15, 0.2) is 182 Å². The number of ether oxygens (including phenoxy) is 1. The van der Waals surface area contributed by atoms with Gasteiger partial charge in [0.05, 0.1) is 0 Å². The van der Waals surface area contributed by atoms with Crippen LogP contribution in [-0.2, 0) is 28.7 Å². The maximum atomic E-state index is 6.98. The van der Waals surface area contributed by atoms with Crippen molar-refractivity contribution in [3.8, 4) is 33.8 Å². The Bertz CT molecular complexity index is 2940. The molecular weight excluding hydrogens is 904 g/mol. The first-order chi connectivity index (χ1) is 29.3. The Morgan fingerprint density at radius 2 is 0.746 bits per heavy atom. The van der Waals surface area contributed by atoms with E-state index in [-0.39, 0.29) is 0 Å². The van der Waals surface area contributed by atoms with Gasteiger partial charge in [0.25, 0.3) is 0 Å². The van der Waals surface area contributed by atoms with Gasteiger partial charge in [-0.25, -0.2) is 0 Å². The van der Waals surface area contributed by atoms with E-state index < -0.39 is 28.7 Å². The van der Waals surface area contributed by atoms with Gasteiger partial charge < -0.3 is 0 Å². The number of hydrogen-bond donors (Lipinski definition) is 0. The third-order valence-corrected chi connectivity index (χ3v) is 16.3. The molecule has 59 heavy (non-hydrogen) atoms. The number of nitrogens with zero attached hydrogens (tertiary/aromatic N) is 4. The van der Waals surface area contributed by atoms with E-state index in [4.69, 9.17) is 4.74 Å². The Kier molecular flexibility index (Phi) is 6.24. The monoisotopic (exact) mass is 935 g/mol. The van der Waals surface area contributed by atoms with Crippen LogP contribution in [0.25, 0.3) is 22.3 Å². The molecule has 6 bridgehead atoms. The summed E-state index contributed by atoms with van der Waals surface area (Å²) in [5.74, 6) is 1.32. The van der Waals surface area contributed by atoms with Gasteiger partial charge in [-0.15, -0.1) is 0 Å². The van der Waals surface area contributed by atoms with Crippen LogP contribution in [-0.4, -0.2) is 15.0 Å². The molecule has 4 aliphatic heterocycles. The van der Waals surface area contributed by atoms with Gasteiger partial charge in [-0.3, -0.25) is 0 Å². The third-order valence-electron chi connectivity index (χ3n) is 13.1. The molecule has 0 amide bonds. The van der Waals surface area contributed by atoms with E-state index in [0.29, 0.717) is 18.2 Å². The van der Waals surface area contributed by atoms with E-state index in [2.05, 4.69) is 202 Å². The predicted molar refractivity (Wildman–Crippen MR) is 232 cm³/mol. The Morgan fingerprint density at radius 1 is 0.390 bits per heavy atom. The minimum absolute atomic E-state index is 0.660. The SMILES string of the molecule is [c-]1c2cccc1C1(c3ccccc3-c3ccccc31)N1[C]3=[Pt]=[C]4N(CN3c3ccccc31)c1ccccc1N4C1(c3[c-]c(ccc3)O2)c2ccccc2-c2ccccc21. The molecule has 282 valence electrons. The Balaban J connectivity index is 1.20. The standard InChI is InChI=1S/C53H32N4O.Pt/c1-5-23-44-40(19-1)41-20-2-6-24-45(41)52(44)36-15-13-17-38(31-36)58-39-18-14-16-37(32-39)53(46-25-7-3-21-42(46)43-22-4-8-26-47(43)53)57-35-55(49-28-10-12-30-51(49)57)33-54-34-56(52)50-29-11-9-27-48(50)54;/h1-30H,33H2;/q-2;. The number of benzene rings is 8. The zero-order valence-corrected chi connectivity index (χ0v) is 33.8. The summed E-state index contributed by atoms with van der Waals surface area (Å²) < 4.78 is 9.66. The van der Waals surface area contributed by atoms with Crippen LogP contribution in [0.2, 0.25) is 0 Å². The van der Waals surface area contributed by atoms with E-state index in [1.54, 1.807) is 0 Å². The molecule has 8 aromatic carbocycles. The van der Waals surface area contributed by atoms with E-state index >= 15 is 0 Å². The normalized spacial score (nSPS) is 17.4. The number of hydrogen-bond acceptors (Lipinski definition) is 5. The van der Waals surface area contributed by atoms with Gasteiger partial charge in [0.1, 0.15) is 0 Å². The second kappa shape index (κ2) is 11.4. The fourth-order valence-corrected chi connectivity index (χ4v) is 14.6. The van der Waals surface area contributed by atoms with Crippen molar-refractivity contribution in [2.24, 2.45) is 0 Å². The molecule has 0 radical (unpaired) electrons. The van der Waals surface area contributed by atoms with Crippen molar-refractivity contribution < 1.29 is 22.4 Å². The fourth-order valence-electron chi connectivity index (χ4n) is 10.9. The molecule has 0 saturated heterocycles. The summed E-state index contributed by atoms with van der Waals surface area (Å²) in [5, 5.41) is 0. The molecule has 8 aromatic rings. The van der Waals surface area contributed by atoms with Crippen molar-refractivity contribution in [1.29, 1.82) is 0 Å². The van der Waals surface area contributed by atoms with E-state index in [9.17, 15) is 0 Å². The van der Waals surface area contributed by atoms with Crippen LogP contribution in [0.5, 0.6) is 11.5 Å². The number of fused-ring (bicyclic) bond motifs is 24. The van der Waals surface area contributed by atoms with Crippen LogP contribution in [0.3, 0.4) is 0 Å². The first-order valence-electron chi connectivity index (χ1n) is 20.0. The molecule has 0 atom stereocenters. The van der Waals surface area contributed by atoms with Gasteiger partial charge in [-0.2, -0.15) is 0 Å². The topological polar surface area (TPSA) is 22.2 Å². The van der Waals surface area contributed by atoms with Crippen molar-refractivity contribution in [3.05, 3.63) is 228 Å². The molecule has 2 spiro atoms. The van der Waals surface area contributed by atoms with Crippen LogP contribution < -0.4 is 24.3 Å². The summed E-state index contributed by atoms with van der Waals surface area (Å²) in [7, 11) is 0. The predicted octanol–water partition coefficient (Wildman–Crippen LogP) is 10.5. The molecule has 14 rings (SSSR count). The number of anilines is 4. The van der Waals surface area contributed by atoms with Crippen LogP contribution in [0.4, 0.5) is 22.7 Å². The van der Waals surface area contributed by atoms with Crippen molar-refractivity contribution in [2.75, 3.05) is 26.3 Å². The molecule has 4 heterocycles. The zero-order chi connectivity index (χ0) is 38.5. The van der Waals surface area contributed by atoms with Crippen LogP contribution in [0, 0.1) is 12.1 Å². The Labute approximate surface area is 350 Å². The quantitative estimate of drug-likeness (QED) is 0.141. The van der Waals surface area contributed by atoms with Crippen molar-refractivity contribution in [3.63, 3.8) is 0 Å². The van der Waals surface area contributed by atoms with E-state index in [1.165, 1.54) is 75.5 Å². The molecule has 2 aliphatic carbocycles. The van der Waals surface area contributed by atoms with Gasteiger partial charge in [-0.05, 0) is 0 Å². The van der Waals surface area contributed by atoms with Gasteiger partial charge in [-0.1, -0.05) is 0 Å². The molecule has 6 heteroatoms. The summed E-state index contributed by atoms with van der Waals surface area (Å²) in [6.45, 7) is 0.682. The Morgan fingerprint density at radius 3 is 1.15 bits per heavy atom. The van der Waals surface area contributed by atoms with Crippen molar-refractivity contribution >= 4 is 31.0 Å². The van der Waals surface area contributed by atoms with Crippen molar-refractivity contribution in [1.82, 2.24) is 0 Å². The minimum atomic E-state index is -0.927. The molecule has 0 fully saturated rings. The van der Waals surface area contributed by atoms with E-state index in [1.807, 2.05) is 12.1 Å². The second-order valence-electron chi connectivity index (χ2n) is 15.8.